The van der Waals surface area contributed by atoms with E-state index in [4.69, 9.17) is 23.2 Å². The van der Waals surface area contributed by atoms with Crippen LogP contribution in [0.15, 0.2) is 48.5 Å². The number of halogens is 2. The number of hydrogen-bond donors (Lipinski definition) is 2. The van der Waals surface area contributed by atoms with Gasteiger partial charge < -0.3 is 15.4 Å². The van der Waals surface area contributed by atoms with Gasteiger partial charge in [-0.2, -0.15) is 5.10 Å². The third-order valence-electron chi connectivity index (χ3n) is 4.25. The Hall–Kier alpha value is -2.70. The number of nitrogens with zero attached hydrogens (tertiary/aromatic N) is 2. The number of benzene rings is 2. The Labute approximate surface area is 173 Å². The lowest BCUT2D eigenvalue weighted by atomic mass is 10.2. The van der Waals surface area contributed by atoms with E-state index < -0.39 is 6.09 Å². The number of para-hydroxylation sites is 1. The summed E-state index contributed by atoms with van der Waals surface area (Å²) in [6.07, 6.45) is -0.456. The zero-order valence-corrected chi connectivity index (χ0v) is 17.0. The molecule has 1 aromatic heterocycles. The third kappa shape index (κ3) is 4.58. The van der Waals surface area contributed by atoms with E-state index in [0.717, 1.165) is 28.2 Å². The van der Waals surface area contributed by atoms with Crippen molar-refractivity contribution >= 4 is 35.0 Å². The van der Waals surface area contributed by atoms with E-state index in [1.54, 1.807) is 10.7 Å². The number of carbonyl (C=O) groups is 1. The van der Waals surface area contributed by atoms with Crippen molar-refractivity contribution in [2.24, 2.45) is 0 Å². The van der Waals surface area contributed by atoms with Crippen LogP contribution in [-0.2, 0) is 17.8 Å². The lowest BCUT2D eigenvalue weighted by molar-refractivity contribution is 0.170. The Morgan fingerprint density at radius 3 is 2.50 bits per heavy atom. The van der Waals surface area contributed by atoms with Crippen LogP contribution in [0, 0.1) is 6.92 Å². The van der Waals surface area contributed by atoms with Crippen LogP contribution >= 0.6 is 23.2 Å². The molecule has 0 aliphatic carbocycles. The third-order valence-corrected chi connectivity index (χ3v) is 4.96. The summed E-state index contributed by atoms with van der Waals surface area (Å²) in [5, 5.41) is 11.6. The SMILES string of the molecule is COC(=O)NCc1ccc(NCc2c(C)nn(-c3ccccc3Cl)c2Cl)cc1. The maximum atomic E-state index is 11.1. The highest BCUT2D eigenvalue weighted by Crippen LogP contribution is 2.28. The molecule has 0 spiro atoms. The maximum absolute atomic E-state index is 11.1. The molecule has 0 atom stereocenters. The summed E-state index contributed by atoms with van der Waals surface area (Å²) in [5.41, 5.74) is 4.37. The Morgan fingerprint density at radius 1 is 1.11 bits per heavy atom. The maximum Gasteiger partial charge on any atom is 0.407 e. The van der Waals surface area contributed by atoms with Crippen LogP contribution in [0.3, 0.4) is 0 Å². The summed E-state index contributed by atoms with van der Waals surface area (Å²) in [5.74, 6) is 0. The predicted octanol–water partition coefficient (Wildman–Crippen LogP) is 4.96. The Morgan fingerprint density at radius 2 is 1.82 bits per heavy atom. The first-order valence-corrected chi connectivity index (χ1v) is 9.38. The molecule has 1 amide bonds. The van der Waals surface area contributed by atoms with E-state index in [9.17, 15) is 4.79 Å². The number of nitrogens with one attached hydrogen (secondary N) is 2. The zero-order valence-electron chi connectivity index (χ0n) is 15.5. The van der Waals surface area contributed by atoms with Crippen LogP contribution in [0.2, 0.25) is 10.2 Å². The minimum atomic E-state index is -0.456. The molecule has 0 saturated carbocycles. The van der Waals surface area contributed by atoms with Gasteiger partial charge in [0, 0.05) is 24.3 Å². The van der Waals surface area contributed by atoms with Crippen LogP contribution < -0.4 is 10.6 Å². The molecule has 0 unspecified atom stereocenters. The van der Waals surface area contributed by atoms with Crippen molar-refractivity contribution in [3.8, 4) is 5.69 Å². The molecule has 0 saturated heterocycles. The van der Waals surface area contributed by atoms with Gasteiger partial charge in [0.2, 0.25) is 0 Å². The van der Waals surface area contributed by atoms with E-state index in [1.165, 1.54) is 7.11 Å². The highest BCUT2D eigenvalue weighted by molar-refractivity contribution is 6.33. The molecule has 0 fully saturated rings. The van der Waals surface area contributed by atoms with Crippen molar-refractivity contribution in [3.63, 3.8) is 0 Å². The molecule has 0 aliphatic rings. The van der Waals surface area contributed by atoms with Gasteiger partial charge in [-0.3, -0.25) is 0 Å². The van der Waals surface area contributed by atoms with Crippen LogP contribution in [0.5, 0.6) is 0 Å². The van der Waals surface area contributed by atoms with Gasteiger partial charge in [-0.1, -0.05) is 47.5 Å². The number of methoxy groups -OCH3 is 1. The van der Waals surface area contributed by atoms with Gasteiger partial charge in [-0.05, 0) is 36.8 Å². The number of anilines is 1. The van der Waals surface area contributed by atoms with Gasteiger partial charge in [0.05, 0.1) is 23.5 Å². The first-order valence-electron chi connectivity index (χ1n) is 8.63. The van der Waals surface area contributed by atoms with Crippen LogP contribution in [0.25, 0.3) is 5.69 Å². The number of aromatic nitrogens is 2. The topological polar surface area (TPSA) is 68.2 Å². The van der Waals surface area contributed by atoms with Crippen LogP contribution in [-0.4, -0.2) is 23.0 Å². The van der Waals surface area contributed by atoms with Gasteiger partial charge in [0.15, 0.2) is 0 Å². The Bertz CT molecular complexity index is 971. The number of ether oxygens (including phenoxy) is 1. The van der Waals surface area contributed by atoms with Gasteiger partial charge >= 0.3 is 6.09 Å². The first kappa shape index (κ1) is 20.0. The summed E-state index contributed by atoms with van der Waals surface area (Å²) in [6.45, 7) is 2.84. The van der Waals surface area contributed by atoms with Crippen molar-refractivity contribution in [1.82, 2.24) is 15.1 Å². The lowest BCUT2D eigenvalue weighted by Crippen LogP contribution is -2.22. The quantitative estimate of drug-likeness (QED) is 0.593. The molecule has 2 N–H and O–H groups in total. The number of alkyl carbamates (subject to hydrolysis) is 1. The predicted molar refractivity (Wildman–Crippen MR) is 111 cm³/mol. The molecule has 6 nitrogen and oxygen atoms in total. The van der Waals surface area contributed by atoms with E-state index in [0.29, 0.717) is 23.3 Å². The molecule has 8 heteroatoms. The van der Waals surface area contributed by atoms with Crippen LogP contribution in [0.4, 0.5) is 10.5 Å². The average molecular weight is 419 g/mol. The van der Waals surface area contributed by atoms with Gasteiger partial charge in [-0.25, -0.2) is 9.48 Å². The second-order valence-corrected chi connectivity index (χ2v) is 6.88. The molecule has 3 aromatic rings. The molecule has 0 radical (unpaired) electrons. The monoisotopic (exact) mass is 418 g/mol. The van der Waals surface area contributed by atoms with Gasteiger partial charge in [0.1, 0.15) is 5.15 Å². The zero-order chi connectivity index (χ0) is 20.1. The number of aryl methyl sites for hydroxylation is 1. The number of carbonyl (C=O) groups excluding carboxylic acids is 1. The van der Waals surface area contributed by atoms with Crippen molar-refractivity contribution in [1.29, 1.82) is 0 Å². The molecular formula is C20H20Cl2N4O2. The van der Waals surface area contributed by atoms with Gasteiger partial charge in [0.25, 0.3) is 0 Å². The van der Waals surface area contributed by atoms with E-state index in [1.807, 2.05) is 49.4 Å². The summed E-state index contributed by atoms with van der Waals surface area (Å²) in [4.78, 5) is 11.1. The molecule has 2 aromatic carbocycles. The fourth-order valence-electron chi connectivity index (χ4n) is 2.69. The van der Waals surface area contributed by atoms with E-state index in [2.05, 4.69) is 20.5 Å². The highest BCUT2D eigenvalue weighted by Gasteiger charge is 2.16. The largest absolute Gasteiger partial charge is 0.453 e. The van der Waals surface area contributed by atoms with E-state index >= 15 is 0 Å². The van der Waals surface area contributed by atoms with E-state index in [-0.39, 0.29) is 0 Å². The molecule has 28 heavy (non-hydrogen) atoms. The van der Waals surface area contributed by atoms with Crippen molar-refractivity contribution in [2.75, 3.05) is 12.4 Å². The lowest BCUT2D eigenvalue weighted by Gasteiger charge is -2.09. The Balaban J connectivity index is 1.68. The fourth-order valence-corrected chi connectivity index (χ4v) is 3.24. The smallest absolute Gasteiger partial charge is 0.407 e. The molecule has 146 valence electrons. The summed E-state index contributed by atoms with van der Waals surface area (Å²) < 4.78 is 6.21. The standard InChI is InChI=1S/C20H20Cl2N4O2/c1-13-16(19(22)26(25-13)18-6-4-3-5-17(18)21)12-23-15-9-7-14(8-10-15)11-24-20(27)28-2/h3-10,23H,11-12H2,1-2H3,(H,24,27). The second kappa shape index (κ2) is 8.99. The van der Waals surface area contributed by atoms with Crippen molar-refractivity contribution in [3.05, 3.63) is 75.5 Å². The molecule has 3 rings (SSSR count). The van der Waals surface area contributed by atoms with Gasteiger partial charge in [-0.15, -0.1) is 0 Å². The first-order chi connectivity index (χ1) is 13.5. The fraction of sp³-hybridized carbons (Fsp3) is 0.200. The normalized spacial score (nSPS) is 10.6. The molecule has 0 bridgehead atoms. The highest BCUT2D eigenvalue weighted by atomic mass is 35.5. The summed E-state index contributed by atoms with van der Waals surface area (Å²) in [6, 6.07) is 15.2. The minimum absolute atomic E-state index is 0.405. The second-order valence-electron chi connectivity index (χ2n) is 6.11. The summed E-state index contributed by atoms with van der Waals surface area (Å²) in [7, 11) is 1.34. The molecular weight excluding hydrogens is 399 g/mol. The number of hydrogen-bond acceptors (Lipinski definition) is 4. The Kier molecular flexibility index (Phi) is 6.44. The number of amides is 1. The average Bonchev–Trinajstić information content (AvgIpc) is 2.99. The summed E-state index contributed by atoms with van der Waals surface area (Å²) >= 11 is 12.8. The van der Waals surface area contributed by atoms with Crippen molar-refractivity contribution in [2.45, 2.75) is 20.0 Å². The number of rotatable bonds is 6. The molecule has 0 aliphatic heterocycles. The van der Waals surface area contributed by atoms with Crippen LogP contribution in [0.1, 0.15) is 16.8 Å². The minimum Gasteiger partial charge on any atom is -0.453 e. The van der Waals surface area contributed by atoms with Crippen molar-refractivity contribution < 1.29 is 9.53 Å². The molecule has 1 heterocycles.